The maximum Gasteiger partial charge on any atom is 0.258 e. The first-order chi connectivity index (χ1) is 15.0. The molecule has 158 valence electrons. The predicted molar refractivity (Wildman–Crippen MR) is 128 cm³/mol. The van der Waals surface area contributed by atoms with Crippen LogP contribution in [0.5, 0.6) is 0 Å². The summed E-state index contributed by atoms with van der Waals surface area (Å²) in [6.45, 7) is 2.82. The summed E-state index contributed by atoms with van der Waals surface area (Å²) >= 11 is 14.2. The fourth-order valence-corrected chi connectivity index (χ4v) is 4.79. The van der Waals surface area contributed by atoms with E-state index in [0.717, 1.165) is 35.6 Å². The molecule has 4 aromatic rings. The number of anilines is 1. The molecule has 0 saturated carbocycles. The monoisotopic (exact) mass is 470 g/mol. The lowest BCUT2D eigenvalue weighted by atomic mass is 10.2. The quantitative estimate of drug-likeness (QED) is 0.248. The molecule has 0 aliphatic heterocycles. The molecule has 0 aliphatic rings. The number of thioether (sulfide) groups is 1. The summed E-state index contributed by atoms with van der Waals surface area (Å²) < 4.78 is 2.18. The molecule has 0 aliphatic carbocycles. The third kappa shape index (κ3) is 4.87. The Labute approximate surface area is 194 Å². The van der Waals surface area contributed by atoms with Crippen molar-refractivity contribution in [3.63, 3.8) is 0 Å². The number of aryl methyl sites for hydroxylation is 2. The van der Waals surface area contributed by atoms with Gasteiger partial charge in [-0.1, -0.05) is 35.3 Å². The SMILES string of the molecule is Cc1nc2c(NC(=O)c3c(Cl)cccc3Cl)cccc2n1CCCSc1ccncc1. The van der Waals surface area contributed by atoms with Crippen LogP contribution in [0.15, 0.2) is 65.8 Å². The Morgan fingerprint density at radius 3 is 2.52 bits per heavy atom. The van der Waals surface area contributed by atoms with Gasteiger partial charge in [0.25, 0.3) is 5.91 Å². The average Bonchev–Trinajstić information content (AvgIpc) is 3.08. The number of halogens is 2. The number of nitrogens with zero attached hydrogens (tertiary/aromatic N) is 3. The van der Waals surface area contributed by atoms with Crippen LogP contribution >= 0.6 is 35.0 Å². The minimum Gasteiger partial charge on any atom is -0.328 e. The van der Waals surface area contributed by atoms with Crippen LogP contribution in [0.3, 0.4) is 0 Å². The maximum absolute atomic E-state index is 12.8. The van der Waals surface area contributed by atoms with Crippen molar-refractivity contribution >= 4 is 57.6 Å². The van der Waals surface area contributed by atoms with Crippen LogP contribution in [0.2, 0.25) is 10.0 Å². The van der Waals surface area contributed by atoms with Crippen LogP contribution in [0, 0.1) is 6.92 Å². The van der Waals surface area contributed by atoms with Gasteiger partial charge in [0.05, 0.1) is 26.8 Å². The van der Waals surface area contributed by atoms with Crippen molar-refractivity contribution in [2.24, 2.45) is 0 Å². The third-order valence-electron chi connectivity index (χ3n) is 4.85. The number of hydrogen-bond acceptors (Lipinski definition) is 4. The number of carbonyl (C=O) groups excluding carboxylic acids is 1. The lowest BCUT2D eigenvalue weighted by Gasteiger charge is -2.10. The predicted octanol–water partition coefficient (Wildman–Crippen LogP) is 6.48. The third-order valence-corrected chi connectivity index (χ3v) is 6.58. The molecule has 0 spiro atoms. The number of amides is 1. The van der Waals surface area contributed by atoms with E-state index in [1.54, 1.807) is 18.2 Å². The first-order valence-corrected chi connectivity index (χ1v) is 11.5. The molecule has 5 nitrogen and oxygen atoms in total. The van der Waals surface area contributed by atoms with Gasteiger partial charge in [0.15, 0.2) is 0 Å². The molecule has 1 N–H and O–H groups in total. The highest BCUT2D eigenvalue weighted by atomic mass is 35.5. The van der Waals surface area contributed by atoms with E-state index in [2.05, 4.69) is 14.9 Å². The van der Waals surface area contributed by atoms with Gasteiger partial charge < -0.3 is 9.88 Å². The van der Waals surface area contributed by atoms with E-state index in [0.29, 0.717) is 15.7 Å². The van der Waals surface area contributed by atoms with Crippen molar-refractivity contribution < 1.29 is 4.79 Å². The lowest BCUT2D eigenvalue weighted by molar-refractivity contribution is 0.102. The van der Waals surface area contributed by atoms with Crippen molar-refractivity contribution in [1.29, 1.82) is 0 Å². The number of benzene rings is 2. The summed E-state index contributed by atoms with van der Waals surface area (Å²) in [7, 11) is 0. The second-order valence-corrected chi connectivity index (χ2v) is 8.90. The van der Waals surface area contributed by atoms with Crippen LogP contribution < -0.4 is 5.32 Å². The van der Waals surface area contributed by atoms with Crippen LogP contribution in [-0.2, 0) is 6.54 Å². The van der Waals surface area contributed by atoms with Crippen LogP contribution in [0.1, 0.15) is 22.6 Å². The highest BCUT2D eigenvalue weighted by molar-refractivity contribution is 7.99. The van der Waals surface area contributed by atoms with Gasteiger partial charge in [0.2, 0.25) is 0 Å². The number of para-hydroxylation sites is 1. The number of hydrogen-bond donors (Lipinski definition) is 1. The summed E-state index contributed by atoms with van der Waals surface area (Å²) in [5.74, 6) is 1.54. The van der Waals surface area contributed by atoms with Gasteiger partial charge in [0.1, 0.15) is 11.3 Å². The number of carbonyl (C=O) groups is 1. The van der Waals surface area contributed by atoms with E-state index in [4.69, 9.17) is 28.2 Å². The van der Waals surface area contributed by atoms with Crippen molar-refractivity contribution in [2.45, 2.75) is 24.8 Å². The molecule has 4 rings (SSSR count). The van der Waals surface area contributed by atoms with E-state index in [-0.39, 0.29) is 11.5 Å². The molecular formula is C23H20Cl2N4OS. The second kappa shape index (κ2) is 9.73. The average molecular weight is 471 g/mol. The van der Waals surface area contributed by atoms with Gasteiger partial charge in [-0.3, -0.25) is 9.78 Å². The zero-order chi connectivity index (χ0) is 21.8. The standard InChI is InChI=1S/C23H20Cl2N4OS/c1-15-27-22-19(28-23(30)21-17(24)5-2-6-18(21)25)7-3-8-20(22)29(15)13-4-14-31-16-9-11-26-12-10-16/h2-3,5-12H,4,13-14H2,1H3,(H,28,30). The van der Waals surface area contributed by atoms with Gasteiger partial charge in [-0.05, 0) is 55.5 Å². The zero-order valence-corrected chi connectivity index (χ0v) is 19.1. The summed E-state index contributed by atoms with van der Waals surface area (Å²) in [5.41, 5.74) is 2.62. The summed E-state index contributed by atoms with van der Waals surface area (Å²) in [6, 6.07) is 14.8. The first kappa shape index (κ1) is 21.7. The second-order valence-electron chi connectivity index (χ2n) is 6.92. The van der Waals surface area contributed by atoms with Gasteiger partial charge >= 0.3 is 0 Å². The molecule has 8 heteroatoms. The van der Waals surface area contributed by atoms with Crippen LogP contribution in [0.4, 0.5) is 5.69 Å². The Bertz CT molecular complexity index is 1210. The van der Waals surface area contributed by atoms with Crippen molar-refractivity contribution in [2.75, 3.05) is 11.1 Å². The number of rotatable bonds is 7. The van der Waals surface area contributed by atoms with Gasteiger partial charge in [0, 0.05) is 23.8 Å². The summed E-state index contributed by atoms with van der Waals surface area (Å²) in [6.07, 6.45) is 4.61. The molecule has 2 aromatic carbocycles. The Hall–Kier alpha value is -2.54. The smallest absolute Gasteiger partial charge is 0.258 e. The van der Waals surface area contributed by atoms with Gasteiger partial charge in [-0.2, -0.15) is 0 Å². The minimum absolute atomic E-state index is 0.257. The molecular weight excluding hydrogens is 451 g/mol. The maximum atomic E-state index is 12.8. The number of nitrogens with one attached hydrogen (secondary N) is 1. The van der Waals surface area contributed by atoms with Crippen LogP contribution in [-0.4, -0.2) is 26.2 Å². The number of imidazole rings is 1. The first-order valence-electron chi connectivity index (χ1n) is 9.78. The van der Waals surface area contributed by atoms with E-state index < -0.39 is 0 Å². The van der Waals surface area contributed by atoms with Crippen molar-refractivity contribution in [3.8, 4) is 0 Å². The van der Waals surface area contributed by atoms with E-state index in [1.165, 1.54) is 4.90 Å². The molecule has 0 fully saturated rings. The van der Waals surface area contributed by atoms with Gasteiger partial charge in [-0.15, -0.1) is 11.8 Å². The largest absolute Gasteiger partial charge is 0.328 e. The van der Waals surface area contributed by atoms with E-state index >= 15 is 0 Å². The molecule has 1 amide bonds. The van der Waals surface area contributed by atoms with E-state index in [1.807, 2.05) is 61.4 Å². The van der Waals surface area contributed by atoms with Gasteiger partial charge in [-0.25, -0.2) is 4.98 Å². The molecule has 31 heavy (non-hydrogen) atoms. The van der Waals surface area contributed by atoms with Crippen LogP contribution in [0.25, 0.3) is 11.0 Å². The Balaban J connectivity index is 1.51. The summed E-state index contributed by atoms with van der Waals surface area (Å²) in [5, 5.41) is 3.54. The molecule has 0 saturated heterocycles. The normalized spacial score (nSPS) is 11.1. The molecule has 0 unspecified atom stereocenters. The molecule has 2 heterocycles. The lowest BCUT2D eigenvalue weighted by Crippen LogP contribution is -2.13. The molecule has 2 aromatic heterocycles. The topological polar surface area (TPSA) is 59.8 Å². The Morgan fingerprint density at radius 2 is 1.77 bits per heavy atom. The fraction of sp³-hybridized carbons (Fsp3) is 0.174. The van der Waals surface area contributed by atoms with E-state index in [9.17, 15) is 4.79 Å². The van der Waals surface area contributed by atoms with Crippen molar-refractivity contribution in [1.82, 2.24) is 14.5 Å². The summed E-state index contributed by atoms with van der Waals surface area (Å²) in [4.78, 5) is 22.8. The van der Waals surface area contributed by atoms with Crippen molar-refractivity contribution in [3.05, 3.63) is 82.4 Å². The zero-order valence-electron chi connectivity index (χ0n) is 16.8. The highest BCUT2D eigenvalue weighted by Crippen LogP contribution is 2.28. The fourth-order valence-electron chi connectivity index (χ4n) is 3.39. The Kier molecular flexibility index (Phi) is 6.80. The molecule has 0 radical (unpaired) electrons. The highest BCUT2D eigenvalue weighted by Gasteiger charge is 2.17. The molecule has 0 bridgehead atoms. The Morgan fingerprint density at radius 1 is 1.06 bits per heavy atom. The minimum atomic E-state index is -0.357. The number of aromatic nitrogens is 3. The molecule has 0 atom stereocenters. The number of pyridine rings is 1. The number of fused-ring (bicyclic) bond motifs is 1.